The van der Waals surface area contributed by atoms with Crippen molar-refractivity contribution < 1.29 is 4.74 Å². The highest BCUT2D eigenvalue weighted by molar-refractivity contribution is 9.10. The summed E-state index contributed by atoms with van der Waals surface area (Å²) in [6.45, 7) is 1.14. The zero-order valence-electron chi connectivity index (χ0n) is 15.2. The van der Waals surface area contributed by atoms with Crippen LogP contribution in [0.25, 0.3) is 10.8 Å². The molecule has 0 bridgehead atoms. The van der Waals surface area contributed by atoms with Gasteiger partial charge in [0, 0.05) is 16.6 Å². The maximum Gasteiger partial charge on any atom is 0.124 e. The molecular weight excluding hydrogens is 434 g/mol. The molecule has 2 nitrogen and oxygen atoms in total. The van der Waals surface area contributed by atoms with Gasteiger partial charge < -0.3 is 10.1 Å². The molecule has 4 aromatic rings. The van der Waals surface area contributed by atoms with Crippen molar-refractivity contribution >= 4 is 44.0 Å². The number of halogens is 2. The summed E-state index contributed by atoms with van der Waals surface area (Å²) in [5.41, 5.74) is 3.14. The van der Waals surface area contributed by atoms with E-state index >= 15 is 0 Å². The van der Waals surface area contributed by atoms with E-state index < -0.39 is 0 Å². The van der Waals surface area contributed by atoms with Crippen LogP contribution in [-0.4, -0.2) is 0 Å². The second-order valence-corrected chi connectivity index (χ2v) is 7.84. The van der Waals surface area contributed by atoms with Crippen LogP contribution in [0.1, 0.15) is 11.1 Å². The third-order valence-electron chi connectivity index (χ3n) is 4.63. The molecule has 0 unspecified atom stereocenters. The molecule has 0 saturated heterocycles. The Hall–Kier alpha value is -2.49. The minimum absolute atomic E-state index is 0.516. The second-order valence-electron chi connectivity index (χ2n) is 6.51. The lowest BCUT2D eigenvalue weighted by atomic mass is 10.1. The van der Waals surface area contributed by atoms with E-state index in [-0.39, 0.29) is 0 Å². The summed E-state index contributed by atoms with van der Waals surface area (Å²) in [6, 6.07) is 28.5. The van der Waals surface area contributed by atoms with Gasteiger partial charge in [-0.1, -0.05) is 82.1 Å². The first-order chi connectivity index (χ1) is 13.7. The fraction of sp³-hybridized carbons (Fsp3) is 0.0833. The van der Waals surface area contributed by atoms with Crippen LogP contribution in [0.4, 0.5) is 5.69 Å². The van der Waals surface area contributed by atoms with Crippen molar-refractivity contribution in [2.45, 2.75) is 13.2 Å². The van der Waals surface area contributed by atoms with Gasteiger partial charge in [0.15, 0.2) is 0 Å². The van der Waals surface area contributed by atoms with E-state index in [0.717, 1.165) is 21.5 Å². The third kappa shape index (κ3) is 4.32. The molecule has 4 aromatic carbocycles. The third-order valence-corrected chi connectivity index (χ3v) is 5.45. The number of hydrogen-bond acceptors (Lipinski definition) is 2. The Bertz CT molecular complexity index is 1110. The van der Waals surface area contributed by atoms with E-state index in [1.165, 1.54) is 16.3 Å². The predicted molar refractivity (Wildman–Crippen MR) is 121 cm³/mol. The maximum atomic E-state index is 6.26. The molecule has 0 aliphatic carbocycles. The second kappa shape index (κ2) is 8.68. The fourth-order valence-electron chi connectivity index (χ4n) is 3.20. The lowest BCUT2D eigenvalue weighted by Crippen LogP contribution is -2.04. The van der Waals surface area contributed by atoms with E-state index in [4.69, 9.17) is 16.3 Å². The summed E-state index contributed by atoms with van der Waals surface area (Å²) in [4.78, 5) is 0. The number of nitrogens with one attached hydrogen (secondary N) is 1. The van der Waals surface area contributed by atoms with Crippen LogP contribution < -0.4 is 10.1 Å². The lowest BCUT2D eigenvalue weighted by molar-refractivity contribution is 0.304. The molecule has 0 aliphatic rings. The Balaban J connectivity index is 1.54. The highest BCUT2D eigenvalue weighted by Crippen LogP contribution is 2.28. The Morgan fingerprint density at radius 1 is 0.821 bits per heavy atom. The van der Waals surface area contributed by atoms with Gasteiger partial charge in [0.2, 0.25) is 0 Å². The highest BCUT2D eigenvalue weighted by atomic mass is 79.9. The van der Waals surface area contributed by atoms with E-state index in [2.05, 4.69) is 69.8 Å². The zero-order valence-corrected chi connectivity index (χ0v) is 17.5. The normalized spacial score (nSPS) is 10.8. The van der Waals surface area contributed by atoms with E-state index in [1.807, 2.05) is 36.4 Å². The molecule has 140 valence electrons. The minimum atomic E-state index is 0.516. The molecule has 0 amide bonds. The molecular formula is C24H19BrClNO. The van der Waals surface area contributed by atoms with Gasteiger partial charge in [0.25, 0.3) is 0 Å². The molecule has 28 heavy (non-hydrogen) atoms. The van der Waals surface area contributed by atoms with E-state index in [0.29, 0.717) is 18.2 Å². The van der Waals surface area contributed by atoms with Crippen LogP contribution in [0, 0.1) is 0 Å². The Morgan fingerprint density at radius 2 is 1.61 bits per heavy atom. The summed E-state index contributed by atoms with van der Waals surface area (Å²) < 4.78 is 7.23. The van der Waals surface area contributed by atoms with Crippen LogP contribution in [0.15, 0.2) is 89.4 Å². The predicted octanol–water partition coefficient (Wildman–Crippen LogP) is 7.45. The van der Waals surface area contributed by atoms with Crippen molar-refractivity contribution in [3.63, 3.8) is 0 Å². The number of anilines is 1. The molecule has 0 aliphatic heterocycles. The standard InChI is InChI=1S/C24H19BrClNO/c25-20-12-13-24(19(14-20)15-27-23-11-4-3-10-22(23)26)28-16-18-8-5-7-17-6-1-2-9-21(17)18/h1-14,27H,15-16H2. The smallest absolute Gasteiger partial charge is 0.124 e. The number of fused-ring (bicyclic) bond motifs is 1. The molecule has 0 saturated carbocycles. The van der Waals surface area contributed by atoms with Gasteiger partial charge in [-0.25, -0.2) is 0 Å². The lowest BCUT2D eigenvalue weighted by Gasteiger charge is -2.15. The van der Waals surface area contributed by atoms with Gasteiger partial charge in [-0.2, -0.15) is 0 Å². The summed E-state index contributed by atoms with van der Waals surface area (Å²) in [6.07, 6.45) is 0. The van der Waals surface area contributed by atoms with Gasteiger partial charge in [-0.15, -0.1) is 0 Å². The van der Waals surface area contributed by atoms with Crippen LogP contribution >= 0.6 is 27.5 Å². The summed E-state index contributed by atoms with van der Waals surface area (Å²) in [7, 11) is 0. The highest BCUT2D eigenvalue weighted by Gasteiger charge is 2.08. The maximum absolute atomic E-state index is 6.26. The summed E-state index contributed by atoms with van der Waals surface area (Å²) in [5, 5.41) is 6.54. The van der Waals surface area contributed by atoms with Crippen LogP contribution in [0.3, 0.4) is 0 Å². The van der Waals surface area contributed by atoms with Crippen molar-refractivity contribution in [2.75, 3.05) is 5.32 Å². The number of hydrogen-bond donors (Lipinski definition) is 1. The molecule has 1 N–H and O–H groups in total. The summed E-state index contributed by atoms with van der Waals surface area (Å²) >= 11 is 9.81. The molecule has 0 spiro atoms. The number of benzene rings is 4. The molecule has 0 fully saturated rings. The molecule has 0 heterocycles. The average molecular weight is 453 g/mol. The quantitative estimate of drug-likeness (QED) is 0.328. The topological polar surface area (TPSA) is 21.3 Å². The summed E-state index contributed by atoms with van der Waals surface area (Å²) in [5.74, 6) is 0.857. The largest absolute Gasteiger partial charge is 0.489 e. The first kappa shape index (κ1) is 18.9. The van der Waals surface area contributed by atoms with Gasteiger partial charge in [0.05, 0.1) is 10.7 Å². The first-order valence-corrected chi connectivity index (χ1v) is 10.2. The SMILES string of the molecule is Clc1ccccc1NCc1cc(Br)ccc1OCc1cccc2ccccc12. The number of para-hydroxylation sites is 1. The molecule has 4 heteroatoms. The number of rotatable bonds is 6. The van der Waals surface area contributed by atoms with Crippen molar-refractivity contribution in [3.05, 3.63) is 106 Å². The minimum Gasteiger partial charge on any atom is -0.489 e. The Labute approximate surface area is 178 Å². The van der Waals surface area contributed by atoms with Crippen molar-refractivity contribution in [3.8, 4) is 5.75 Å². The van der Waals surface area contributed by atoms with Gasteiger partial charge in [-0.05, 0) is 46.7 Å². The van der Waals surface area contributed by atoms with Crippen molar-refractivity contribution in [1.82, 2.24) is 0 Å². The van der Waals surface area contributed by atoms with E-state index in [1.54, 1.807) is 0 Å². The molecule has 0 aromatic heterocycles. The van der Waals surface area contributed by atoms with Crippen molar-refractivity contribution in [2.24, 2.45) is 0 Å². The van der Waals surface area contributed by atoms with Gasteiger partial charge >= 0.3 is 0 Å². The molecule has 0 atom stereocenters. The molecule has 4 rings (SSSR count). The Morgan fingerprint density at radius 3 is 2.50 bits per heavy atom. The number of ether oxygens (including phenoxy) is 1. The van der Waals surface area contributed by atoms with Crippen LogP contribution in [-0.2, 0) is 13.2 Å². The van der Waals surface area contributed by atoms with Gasteiger partial charge in [0.1, 0.15) is 12.4 Å². The molecule has 0 radical (unpaired) electrons. The zero-order chi connectivity index (χ0) is 19.3. The Kier molecular flexibility index (Phi) is 5.84. The monoisotopic (exact) mass is 451 g/mol. The van der Waals surface area contributed by atoms with E-state index in [9.17, 15) is 0 Å². The first-order valence-electron chi connectivity index (χ1n) is 9.07. The van der Waals surface area contributed by atoms with Gasteiger partial charge in [-0.3, -0.25) is 0 Å². The van der Waals surface area contributed by atoms with Crippen molar-refractivity contribution in [1.29, 1.82) is 0 Å². The average Bonchev–Trinajstić information content (AvgIpc) is 2.72. The fourth-order valence-corrected chi connectivity index (χ4v) is 3.81. The van der Waals surface area contributed by atoms with Crippen LogP contribution in [0.5, 0.6) is 5.75 Å². The van der Waals surface area contributed by atoms with Crippen LogP contribution in [0.2, 0.25) is 5.02 Å².